The van der Waals surface area contributed by atoms with E-state index in [0.717, 1.165) is 17.4 Å². The third-order valence-electron chi connectivity index (χ3n) is 2.19. The summed E-state index contributed by atoms with van der Waals surface area (Å²) in [6.07, 6.45) is 0.916. The summed E-state index contributed by atoms with van der Waals surface area (Å²) < 4.78 is 1.09. The zero-order chi connectivity index (χ0) is 12.1. The lowest BCUT2D eigenvalue weighted by Crippen LogP contribution is -2.41. The molecule has 1 aromatic heterocycles. The molecular weight excluding hydrogens is 292 g/mol. The van der Waals surface area contributed by atoms with Gasteiger partial charge in [-0.25, -0.2) is 0 Å². The number of nitrogens with two attached hydrogens (primary N) is 1. The van der Waals surface area contributed by atoms with Gasteiger partial charge in [-0.15, -0.1) is 11.3 Å². The van der Waals surface area contributed by atoms with Crippen LogP contribution in [0.4, 0.5) is 0 Å². The lowest BCUT2D eigenvalue weighted by atomic mass is 10.2. The van der Waals surface area contributed by atoms with Crippen molar-refractivity contribution in [2.45, 2.75) is 12.5 Å². The molecule has 0 saturated carbocycles. The molecule has 0 amide bonds. The lowest BCUT2D eigenvalue weighted by Gasteiger charge is -2.18. The summed E-state index contributed by atoms with van der Waals surface area (Å²) >= 11 is 5.09. The van der Waals surface area contributed by atoms with Crippen molar-refractivity contribution in [3.05, 3.63) is 20.8 Å². The molecule has 1 rings (SSSR count). The minimum atomic E-state index is -0.953. The molecular formula is C10H15BrN2O2S. The number of likely N-dealkylation sites (N-methyl/N-ethyl adjacent to an activating group) is 1. The fourth-order valence-corrected chi connectivity index (χ4v) is 2.74. The molecule has 4 nitrogen and oxygen atoms in total. The van der Waals surface area contributed by atoms with Crippen LogP contribution in [0.3, 0.4) is 0 Å². The van der Waals surface area contributed by atoms with Crippen LogP contribution < -0.4 is 5.73 Å². The van der Waals surface area contributed by atoms with Crippen LogP contribution in [-0.2, 0) is 11.2 Å². The van der Waals surface area contributed by atoms with Crippen molar-refractivity contribution >= 4 is 33.2 Å². The maximum atomic E-state index is 10.6. The van der Waals surface area contributed by atoms with Crippen molar-refractivity contribution in [1.29, 1.82) is 0 Å². The van der Waals surface area contributed by atoms with Crippen molar-refractivity contribution in [1.82, 2.24) is 4.90 Å². The number of nitrogens with zero attached hydrogens (tertiary/aromatic N) is 1. The van der Waals surface area contributed by atoms with Gasteiger partial charge in [0.25, 0.3) is 0 Å². The minimum absolute atomic E-state index is 0.377. The molecule has 0 aromatic carbocycles. The number of carbonyl (C=O) groups is 1. The SMILES string of the molecule is CN(CCc1cc(Br)cs1)CC(N)C(=O)O. The number of rotatable bonds is 6. The van der Waals surface area contributed by atoms with Gasteiger partial charge in [0.15, 0.2) is 0 Å². The maximum absolute atomic E-state index is 10.6. The van der Waals surface area contributed by atoms with Crippen LogP contribution in [0.1, 0.15) is 4.88 Å². The van der Waals surface area contributed by atoms with Crippen molar-refractivity contribution in [3.63, 3.8) is 0 Å². The van der Waals surface area contributed by atoms with E-state index < -0.39 is 12.0 Å². The van der Waals surface area contributed by atoms with Crippen LogP contribution in [0, 0.1) is 0 Å². The predicted octanol–water partition coefficient (Wildman–Crippen LogP) is 1.40. The Morgan fingerprint density at radius 2 is 2.44 bits per heavy atom. The van der Waals surface area contributed by atoms with Gasteiger partial charge in [0.1, 0.15) is 6.04 Å². The standard InChI is InChI=1S/C10H15BrN2O2S/c1-13(5-9(12)10(14)15)3-2-8-4-7(11)6-16-8/h4,6,9H,2-3,5,12H2,1H3,(H,14,15). The Morgan fingerprint density at radius 3 is 2.94 bits per heavy atom. The van der Waals surface area contributed by atoms with Crippen LogP contribution in [0.5, 0.6) is 0 Å². The van der Waals surface area contributed by atoms with Gasteiger partial charge in [0.05, 0.1) is 0 Å². The molecule has 1 aromatic rings. The molecule has 0 aliphatic rings. The van der Waals surface area contributed by atoms with Crippen LogP contribution in [0.25, 0.3) is 0 Å². The predicted molar refractivity (Wildman–Crippen MR) is 68.8 cm³/mol. The topological polar surface area (TPSA) is 66.6 Å². The van der Waals surface area contributed by atoms with E-state index in [1.54, 1.807) is 11.3 Å². The Hall–Kier alpha value is -0.430. The third-order valence-corrected chi connectivity index (χ3v) is 3.94. The summed E-state index contributed by atoms with van der Waals surface area (Å²) in [7, 11) is 1.88. The molecule has 3 N–H and O–H groups in total. The summed E-state index contributed by atoms with van der Waals surface area (Å²) in [5.74, 6) is -0.953. The maximum Gasteiger partial charge on any atom is 0.321 e. The molecule has 6 heteroatoms. The van der Waals surface area contributed by atoms with E-state index in [1.165, 1.54) is 4.88 Å². The smallest absolute Gasteiger partial charge is 0.321 e. The highest BCUT2D eigenvalue weighted by atomic mass is 79.9. The van der Waals surface area contributed by atoms with Crippen molar-refractivity contribution < 1.29 is 9.90 Å². The zero-order valence-corrected chi connectivity index (χ0v) is 11.4. The van der Waals surface area contributed by atoms with Gasteiger partial charge < -0.3 is 15.7 Å². The number of hydrogen-bond donors (Lipinski definition) is 2. The summed E-state index contributed by atoms with van der Waals surface area (Å²) in [4.78, 5) is 13.8. The van der Waals surface area contributed by atoms with E-state index in [0.29, 0.717) is 6.54 Å². The normalized spacial score (nSPS) is 13.0. The van der Waals surface area contributed by atoms with E-state index in [2.05, 4.69) is 22.0 Å². The average Bonchev–Trinajstić information content (AvgIpc) is 2.61. The van der Waals surface area contributed by atoms with Gasteiger partial charge in [-0.1, -0.05) is 0 Å². The summed E-state index contributed by atoms with van der Waals surface area (Å²) in [5, 5.41) is 10.7. The Kier molecular flexibility index (Phi) is 5.40. The Balaban J connectivity index is 2.30. The van der Waals surface area contributed by atoms with Gasteiger partial charge in [0.2, 0.25) is 0 Å². The zero-order valence-electron chi connectivity index (χ0n) is 9.02. The second-order valence-corrected chi connectivity index (χ2v) is 5.60. The van der Waals surface area contributed by atoms with Crippen molar-refractivity contribution in [2.24, 2.45) is 5.73 Å². The fourth-order valence-electron chi connectivity index (χ4n) is 1.29. The Bertz CT molecular complexity index is 356. The minimum Gasteiger partial charge on any atom is -0.480 e. The van der Waals surface area contributed by atoms with Gasteiger partial charge >= 0.3 is 5.97 Å². The van der Waals surface area contributed by atoms with Crippen molar-refractivity contribution in [2.75, 3.05) is 20.1 Å². The van der Waals surface area contributed by atoms with E-state index in [4.69, 9.17) is 10.8 Å². The van der Waals surface area contributed by atoms with E-state index in [1.807, 2.05) is 17.3 Å². The van der Waals surface area contributed by atoms with Crippen molar-refractivity contribution in [3.8, 4) is 0 Å². The molecule has 0 bridgehead atoms. The first-order valence-electron chi connectivity index (χ1n) is 4.89. The molecule has 1 atom stereocenters. The number of aliphatic carboxylic acids is 1. The Morgan fingerprint density at radius 1 is 1.75 bits per heavy atom. The van der Waals surface area contributed by atoms with E-state index >= 15 is 0 Å². The number of carboxylic acids is 1. The fraction of sp³-hybridized carbons (Fsp3) is 0.500. The lowest BCUT2D eigenvalue weighted by molar-refractivity contribution is -0.138. The number of hydrogen-bond acceptors (Lipinski definition) is 4. The van der Waals surface area contributed by atoms with Crippen LogP contribution in [0.15, 0.2) is 15.9 Å². The second kappa shape index (κ2) is 6.34. The first-order valence-corrected chi connectivity index (χ1v) is 6.56. The molecule has 0 spiro atoms. The van der Waals surface area contributed by atoms with Gasteiger partial charge in [0, 0.05) is 27.8 Å². The van der Waals surface area contributed by atoms with Crippen LogP contribution >= 0.6 is 27.3 Å². The highest BCUT2D eigenvalue weighted by Crippen LogP contribution is 2.20. The first kappa shape index (κ1) is 13.6. The summed E-state index contributed by atoms with van der Waals surface area (Å²) in [6.45, 7) is 1.19. The largest absolute Gasteiger partial charge is 0.480 e. The summed E-state index contributed by atoms with van der Waals surface area (Å²) in [5.41, 5.74) is 5.44. The highest BCUT2D eigenvalue weighted by Gasteiger charge is 2.13. The average molecular weight is 307 g/mol. The first-order chi connectivity index (χ1) is 7.49. The molecule has 0 aliphatic heterocycles. The quantitative estimate of drug-likeness (QED) is 0.833. The molecule has 0 fully saturated rings. The molecule has 1 unspecified atom stereocenters. The van der Waals surface area contributed by atoms with Crippen LogP contribution in [-0.4, -0.2) is 42.2 Å². The molecule has 0 radical (unpaired) electrons. The molecule has 16 heavy (non-hydrogen) atoms. The molecule has 0 saturated heterocycles. The molecule has 1 heterocycles. The molecule has 0 aliphatic carbocycles. The number of thiophene rings is 1. The second-order valence-electron chi connectivity index (χ2n) is 3.69. The number of carboxylic acid groups (broad SMARTS) is 1. The van der Waals surface area contributed by atoms with Gasteiger partial charge in [-0.3, -0.25) is 4.79 Å². The van der Waals surface area contributed by atoms with Gasteiger partial charge in [-0.05, 0) is 35.5 Å². The van der Waals surface area contributed by atoms with E-state index in [-0.39, 0.29) is 0 Å². The number of halogens is 1. The molecule has 90 valence electrons. The highest BCUT2D eigenvalue weighted by molar-refractivity contribution is 9.10. The Labute approximate surface area is 107 Å². The third kappa shape index (κ3) is 4.61. The van der Waals surface area contributed by atoms with Crippen LogP contribution in [0.2, 0.25) is 0 Å². The monoisotopic (exact) mass is 306 g/mol. The summed E-state index contributed by atoms with van der Waals surface area (Å²) in [6, 6.07) is 1.27. The van der Waals surface area contributed by atoms with E-state index in [9.17, 15) is 4.79 Å². The van der Waals surface area contributed by atoms with Gasteiger partial charge in [-0.2, -0.15) is 0 Å².